The molecule has 10 heteroatoms. The van der Waals surface area contributed by atoms with Crippen molar-refractivity contribution in [2.45, 2.75) is 18.3 Å². The predicted octanol–water partition coefficient (Wildman–Crippen LogP) is 2.33. The summed E-state index contributed by atoms with van der Waals surface area (Å²) in [5.41, 5.74) is 4.91. The average Bonchev–Trinajstić information content (AvgIpc) is 2.28. The van der Waals surface area contributed by atoms with Gasteiger partial charge in [-0.3, -0.25) is 0 Å². The van der Waals surface area contributed by atoms with Crippen LogP contribution in [-0.2, 0) is 0 Å². The van der Waals surface area contributed by atoms with Crippen LogP contribution in [0.2, 0.25) is 0 Å². The summed E-state index contributed by atoms with van der Waals surface area (Å²) in [4.78, 5) is 0. The maximum Gasteiger partial charge on any atom is 0.406 e. The van der Waals surface area contributed by atoms with Crippen molar-refractivity contribution in [2.75, 3.05) is 5.73 Å². The second kappa shape index (κ2) is 3.51. The van der Waals surface area contributed by atoms with E-state index in [-0.39, 0.29) is 11.3 Å². The molecule has 0 bridgehead atoms. The van der Waals surface area contributed by atoms with Crippen LogP contribution in [0, 0.1) is 0 Å². The molecule has 1 aromatic rings. The Morgan fingerprint density at radius 2 is 1.47 bits per heavy atom. The minimum atomic E-state index is -5.45. The van der Waals surface area contributed by atoms with E-state index < -0.39 is 28.4 Å². The smallest absolute Gasteiger partial charge is 0.374 e. The summed E-state index contributed by atoms with van der Waals surface area (Å²) >= 11 is 0.0651. The minimum Gasteiger partial charge on any atom is -0.374 e. The van der Waals surface area contributed by atoms with Gasteiger partial charge in [0, 0.05) is 0 Å². The summed E-state index contributed by atoms with van der Waals surface area (Å²) in [7, 11) is 0. The van der Waals surface area contributed by atoms with E-state index in [0.29, 0.717) is 0 Å². The first-order valence-electron chi connectivity index (χ1n) is 3.34. The summed E-state index contributed by atoms with van der Waals surface area (Å²) in [5.74, 6) is -3.63. The molecule has 15 heavy (non-hydrogen) atoms. The van der Waals surface area contributed by atoms with Gasteiger partial charge in [0.2, 0.25) is 11.0 Å². The first-order valence-corrected chi connectivity index (χ1v) is 4.16. The van der Waals surface area contributed by atoms with E-state index in [0.717, 1.165) is 0 Å². The van der Waals surface area contributed by atoms with Gasteiger partial charge in [0.05, 0.1) is 0 Å². The second-order valence-electron chi connectivity index (χ2n) is 2.49. The summed E-state index contributed by atoms with van der Waals surface area (Å²) in [6, 6.07) is 0. The van der Waals surface area contributed by atoms with Gasteiger partial charge in [0.1, 0.15) is 5.01 Å². The third-order valence-corrected chi connectivity index (χ3v) is 2.18. The van der Waals surface area contributed by atoms with E-state index in [4.69, 9.17) is 5.73 Å². The Bertz CT molecular complexity index is 327. The highest BCUT2D eigenvalue weighted by Gasteiger charge is 2.59. The van der Waals surface area contributed by atoms with E-state index in [1.165, 1.54) is 0 Å². The number of nitrogens with two attached hydrogens (primary N) is 1. The maximum absolute atomic E-state index is 12.1. The number of rotatable bonds is 1. The fraction of sp³-hybridized carbons (Fsp3) is 0.600. The van der Waals surface area contributed by atoms with Crippen LogP contribution in [0.3, 0.4) is 0 Å². The molecule has 0 unspecified atom stereocenters. The van der Waals surface area contributed by atoms with E-state index in [2.05, 4.69) is 10.2 Å². The van der Waals surface area contributed by atoms with Crippen molar-refractivity contribution >= 4 is 16.5 Å². The number of anilines is 1. The molecule has 3 nitrogen and oxygen atoms in total. The zero-order chi connectivity index (χ0) is 11.9. The average molecular weight is 251 g/mol. The van der Waals surface area contributed by atoms with Crippen LogP contribution in [-0.4, -0.2) is 22.5 Å². The molecule has 1 rings (SSSR count). The molecule has 0 fully saturated rings. The number of hydrogen-bond acceptors (Lipinski definition) is 4. The van der Waals surface area contributed by atoms with E-state index >= 15 is 0 Å². The second-order valence-corrected chi connectivity index (χ2v) is 3.54. The van der Waals surface area contributed by atoms with Crippen molar-refractivity contribution in [3.05, 3.63) is 5.01 Å². The fourth-order valence-electron chi connectivity index (χ4n) is 0.829. The van der Waals surface area contributed by atoms with Crippen molar-refractivity contribution in [2.24, 2.45) is 0 Å². The Morgan fingerprint density at radius 3 is 1.73 bits per heavy atom. The number of nitrogen functional groups attached to an aromatic ring is 1. The largest absolute Gasteiger partial charge is 0.406 e. The van der Waals surface area contributed by atoms with Crippen LogP contribution in [0.4, 0.5) is 31.5 Å². The highest BCUT2D eigenvalue weighted by Crippen LogP contribution is 2.47. The molecule has 1 heterocycles. The first-order chi connectivity index (χ1) is 6.62. The van der Waals surface area contributed by atoms with E-state index in [1.807, 2.05) is 0 Å². The van der Waals surface area contributed by atoms with Gasteiger partial charge in [-0.05, 0) is 0 Å². The monoisotopic (exact) mass is 251 g/mol. The summed E-state index contributed by atoms with van der Waals surface area (Å²) in [6.45, 7) is 0. The Kier molecular flexibility index (Phi) is 2.81. The third-order valence-electron chi connectivity index (χ3n) is 1.36. The quantitative estimate of drug-likeness (QED) is 0.779. The molecule has 0 spiro atoms. The Morgan fingerprint density at radius 1 is 1.00 bits per heavy atom. The van der Waals surface area contributed by atoms with Crippen LogP contribution in [0.15, 0.2) is 0 Å². The molecule has 0 amide bonds. The number of halogens is 6. The van der Waals surface area contributed by atoms with Crippen molar-refractivity contribution in [3.8, 4) is 0 Å². The van der Waals surface area contributed by atoms with Gasteiger partial charge in [-0.15, -0.1) is 10.2 Å². The van der Waals surface area contributed by atoms with Crippen molar-refractivity contribution in [1.29, 1.82) is 0 Å². The molecule has 0 aromatic carbocycles. The molecule has 2 N–H and O–H groups in total. The zero-order valence-corrected chi connectivity index (χ0v) is 7.54. The molecule has 0 aliphatic carbocycles. The first kappa shape index (κ1) is 12.0. The van der Waals surface area contributed by atoms with Gasteiger partial charge < -0.3 is 5.73 Å². The highest BCUT2D eigenvalue weighted by molar-refractivity contribution is 7.15. The number of aromatic nitrogens is 2. The van der Waals surface area contributed by atoms with Crippen LogP contribution < -0.4 is 5.73 Å². The standard InChI is InChI=1S/C5H3F6N3S/c6-4(7,8)1(5(9,10)11)2-13-14-3(12)15-2/h1H,(H2,12,14). The predicted molar refractivity (Wildman–Crippen MR) is 39.2 cm³/mol. The number of hydrogen-bond donors (Lipinski definition) is 1. The fourth-order valence-corrected chi connectivity index (χ4v) is 1.59. The molecule has 0 radical (unpaired) electrons. The van der Waals surface area contributed by atoms with E-state index in [1.54, 1.807) is 0 Å². The number of alkyl halides is 6. The molecular weight excluding hydrogens is 248 g/mol. The van der Waals surface area contributed by atoms with Gasteiger partial charge in [-0.1, -0.05) is 11.3 Å². The third kappa shape index (κ3) is 2.70. The van der Waals surface area contributed by atoms with Gasteiger partial charge in [0.25, 0.3) is 0 Å². The molecule has 86 valence electrons. The molecular formula is C5H3F6N3S. The summed E-state index contributed by atoms with van der Waals surface area (Å²) in [5, 5.41) is 4.02. The molecule has 0 saturated heterocycles. The molecule has 1 aromatic heterocycles. The SMILES string of the molecule is Nc1nnc(C(C(F)(F)F)C(F)(F)F)s1. The van der Waals surface area contributed by atoms with Crippen LogP contribution in [0.5, 0.6) is 0 Å². The lowest BCUT2D eigenvalue weighted by molar-refractivity contribution is -0.253. The Hall–Kier alpha value is -1.06. The van der Waals surface area contributed by atoms with Crippen molar-refractivity contribution in [1.82, 2.24) is 10.2 Å². The maximum atomic E-state index is 12.1. The molecule has 0 aliphatic rings. The van der Waals surface area contributed by atoms with Gasteiger partial charge >= 0.3 is 12.4 Å². The van der Waals surface area contributed by atoms with Gasteiger partial charge in [-0.25, -0.2) is 0 Å². The van der Waals surface area contributed by atoms with Crippen molar-refractivity contribution in [3.63, 3.8) is 0 Å². The topological polar surface area (TPSA) is 51.8 Å². The van der Waals surface area contributed by atoms with E-state index in [9.17, 15) is 26.3 Å². The minimum absolute atomic E-state index is 0.0651. The van der Waals surface area contributed by atoms with Crippen molar-refractivity contribution < 1.29 is 26.3 Å². The van der Waals surface area contributed by atoms with Gasteiger partial charge in [-0.2, -0.15) is 26.3 Å². The number of nitrogens with zero attached hydrogens (tertiary/aromatic N) is 2. The Labute approximate surface area is 82.9 Å². The lowest BCUT2D eigenvalue weighted by atomic mass is 10.1. The Balaban J connectivity index is 3.14. The van der Waals surface area contributed by atoms with Crippen LogP contribution in [0.25, 0.3) is 0 Å². The lowest BCUT2D eigenvalue weighted by Gasteiger charge is -2.19. The summed E-state index contributed by atoms with van der Waals surface area (Å²) in [6.07, 6.45) is -10.9. The molecule has 0 atom stereocenters. The summed E-state index contributed by atoms with van der Waals surface area (Å²) < 4.78 is 72.5. The lowest BCUT2D eigenvalue weighted by Crippen LogP contribution is -2.34. The van der Waals surface area contributed by atoms with Crippen LogP contribution >= 0.6 is 11.3 Å². The van der Waals surface area contributed by atoms with Gasteiger partial charge in [0.15, 0.2) is 0 Å². The normalized spacial score (nSPS) is 13.5. The molecule has 0 saturated carbocycles. The van der Waals surface area contributed by atoms with Crippen LogP contribution in [0.1, 0.15) is 10.9 Å². The highest BCUT2D eigenvalue weighted by atomic mass is 32.1. The zero-order valence-electron chi connectivity index (χ0n) is 6.73. The molecule has 0 aliphatic heterocycles.